The largest absolute Gasteiger partial charge is 0.497 e. The van der Waals surface area contributed by atoms with E-state index in [0.717, 1.165) is 10.9 Å². The van der Waals surface area contributed by atoms with Gasteiger partial charge in [-0.15, -0.1) is 0 Å². The van der Waals surface area contributed by atoms with E-state index in [2.05, 4.69) is 4.98 Å². The molecule has 1 aromatic heterocycles. The van der Waals surface area contributed by atoms with Crippen molar-refractivity contribution < 1.29 is 32.3 Å². The third kappa shape index (κ3) is 4.17. The monoisotopic (exact) mass is 438 g/mol. The zero-order valence-corrected chi connectivity index (χ0v) is 16.7. The van der Waals surface area contributed by atoms with E-state index >= 15 is 0 Å². The molecule has 0 saturated carbocycles. The Hall–Kier alpha value is -3.24. The highest BCUT2D eigenvalue weighted by molar-refractivity contribution is 6.02. The lowest BCUT2D eigenvalue weighted by Gasteiger charge is -2.36. The fraction of sp³-hybridized carbons (Fsp3) is 0.450. The lowest BCUT2D eigenvalue weighted by atomic mass is 10.0. The van der Waals surface area contributed by atoms with Gasteiger partial charge in [0.05, 0.1) is 7.11 Å². The summed E-state index contributed by atoms with van der Waals surface area (Å²) in [6, 6.07) is 5.88. The third-order valence-corrected chi connectivity index (χ3v) is 5.67. The fourth-order valence-corrected chi connectivity index (χ4v) is 4.08. The molecule has 31 heavy (non-hydrogen) atoms. The van der Waals surface area contributed by atoms with Gasteiger partial charge in [0.25, 0.3) is 11.8 Å². The molecule has 11 heteroatoms. The second kappa shape index (κ2) is 7.78. The molecule has 0 aliphatic carbocycles. The van der Waals surface area contributed by atoms with Crippen molar-refractivity contribution in [1.29, 1.82) is 0 Å². The Kier molecular flexibility index (Phi) is 5.28. The number of nitrogens with zero attached hydrogens (tertiary/aromatic N) is 3. The first-order chi connectivity index (χ1) is 14.7. The molecule has 3 heterocycles. The maximum absolute atomic E-state index is 12.9. The van der Waals surface area contributed by atoms with E-state index in [1.54, 1.807) is 30.2 Å². The van der Waals surface area contributed by atoms with Gasteiger partial charge in [-0.2, -0.15) is 13.2 Å². The number of carbonyl (C=O) groups is 3. The highest BCUT2D eigenvalue weighted by atomic mass is 19.4. The van der Waals surface area contributed by atoms with E-state index in [9.17, 15) is 27.6 Å². The summed E-state index contributed by atoms with van der Waals surface area (Å²) in [5, 5.41) is 0.866. The van der Waals surface area contributed by atoms with Crippen LogP contribution < -0.4 is 4.74 Å². The quantitative estimate of drug-likeness (QED) is 0.744. The van der Waals surface area contributed by atoms with Crippen molar-refractivity contribution in [3.63, 3.8) is 0 Å². The molecule has 0 bridgehead atoms. The van der Waals surface area contributed by atoms with Crippen molar-refractivity contribution >= 4 is 28.7 Å². The Balaban J connectivity index is 1.39. The highest BCUT2D eigenvalue weighted by Crippen LogP contribution is 2.27. The molecule has 1 N–H and O–H groups in total. The van der Waals surface area contributed by atoms with Crippen molar-refractivity contribution in [2.45, 2.75) is 25.1 Å². The van der Waals surface area contributed by atoms with Gasteiger partial charge in [0.1, 0.15) is 24.5 Å². The summed E-state index contributed by atoms with van der Waals surface area (Å²) in [6.45, 7) is -1.28. The number of H-pyrrole nitrogens is 1. The van der Waals surface area contributed by atoms with Gasteiger partial charge in [0.2, 0.25) is 0 Å². The lowest BCUT2D eigenvalue weighted by molar-refractivity contribution is -0.151. The predicted molar refractivity (Wildman–Crippen MR) is 104 cm³/mol. The number of ether oxygens (including phenoxy) is 1. The second-order valence-corrected chi connectivity index (χ2v) is 7.67. The first-order valence-electron chi connectivity index (χ1n) is 9.80. The number of amides is 4. The summed E-state index contributed by atoms with van der Waals surface area (Å²) >= 11 is 0. The first-order valence-corrected chi connectivity index (χ1v) is 9.80. The molecule has 2 fully saturated rings. The van der Waals surface area contributed by atoms with Crippen LogP contribution in [0.2, 0.25) is 0 Å². The molecule has 0 unspecified atom stereocenters. The number of imide groups is 1. The molecule has 2 aromatic rings. The first kappa shape index (κ1) is 21.0. The number of alkyl halides is 3. The van der Waals surface area contributed by atoms with Crippen LogP contribution in [0.5, 0.6) is 5.75 Å². The van der Waals surface area contributed by atoms with Crippen molar-refractivity contribution in [3.05, 3.63) is 30.0 Å². The van der Waals surface area contributed by atoms with Crippen molar-refractivity contribution in [2.24, 2.45) is 0 Å². The summed E-state index contributed by atoms with van der Waals surface area (Å²) in [5.41, 5.74) is 1.19. The molecular weight excluding hydrogens is 417 g/mol. The average Bonchev–Trinajstić information content (AvgIpc) is 3.28. The number of halogens is 3. The van der Waals surface area contributed by atoms with Crippen LogP contribution in [0.1, 0.15) is 23.3 Å². The van der Waals surface area contributed by atoms with Crippen molar-refractivity contribution in [2.75, 3.05) is 33.3 Å². The average molecular weight is 438 g/mol. The molecule has 2 saturated heterocycles. The van der Waals surface area contributed by atoms with Crippen LogP contribution >= 0.6 is 0 Å². The van der Waals surface area contributed by atoms with Gasteiger partial charge in [-0.1, -0.05) is 0 Å². The number of rotatable bonds is 4. The molecule has 4 rings (SSSR count). The topological polar surface area (TPSA) is 85.9 Å². The lowest BCUT2D eigenvalue weighted by Crippen LogP contribution is -2.48. The van der Waals surface area contributed by atoms with Crippen LogP contribution in [0.3, 0.4) is 0 Å². The normalized spacial score (nSPS) is 18.4. The predicted octanol–water partition coefficient (Wildman–Crippen LogP) is 2.61. The zero-order valence-electron chi connectivity index (χ0n) is 16.7. The molecule has 0 radical (unpaired) electrons. The summed E-state index contributed by atoms with van der Waals surface area (Å²) in [7, 11) is 1.56. The van der Waals surface area contributed by atoms with Gasteiger partial charge in [-0.3, -0.25) is 14.5 Å². The Morgan fingerprint density at radius 2 is 1.90 bits per heavy atom. The number of hydrogen-bond acceptors (Lipinski definition) is 4. The molecule has 8 nitrogen and oxygen atoms in total. The SMILES string of the molecule is COc1ccc2cc(C(=O)N3CCC(N4CC(=O)N(CC(F)(F)F)C4=O)CC3)[nH]c2c1. The number of urea groups is 1. The van der Waals surface area contributed by atoms with Crippen LogP contribution in [-0.2, 0) is 4.79 Å². The summed E-state index contributed by atoms with van der Waals surface area (Å²) in [6.07, 6.45) is -3.86. The number of aromatic amines is 1. The van der Waals surface area contributed by atoms with Gasteiger partial charge in [0.15, 0.2) is 0 Å². The van der Waals surface area contributed by atoms with Gasteiger partial charge in [0, 0.05) is 36.1 Å². The van der Waals surface area contributed by atoms with Crippen molar-refractivity contribution in [3.8, 4) is 5.75 Å². The maximum Gasteiger partial charge on any atom is 0.406 e. The number of benzene rings is 1. The number of methoxy groups -OCH3 is 1. The van der Waals surface area contributed by atoms with E-state index in [4.69, 9.17) is 4.74 Å². The number of fused-ring (bicyclic) bond motifs is 1. The molecule has 0 spiro atoms. The van der Waals surface area contributed by atoms with E-state index in [-0.39, 0.29) is 23.4 Å². The summed E-state index contributed by atoms with van der Waals surface area (Å²) in [4.78, 5) is 43.2. The van der Waals surface area contributed by atoms with Gasteiger partial charge in [-0.25, -0.2) is 4.79 Å². The van der Waals surface area contributed by atoms with E-state index < -0.39 is 24.7 Å². The number of carbonyl (C=O) groups excluding carboxylic acids is 3. The molecule has 2 aliphatic rings. The Bertz CT molecular complexity index is 1030. The molecule has 1 aromatic carbocycles. The van der Waals surface area contributed by atoms with Crippen LogP contribution in [-0.4, -0.2) is 83.0 Å². The number of aromatic nitrogens is 1. The Morgan fingerprint density at radius 3 is 2.55 bits per heavy atom. The smallest absolute Gasteiger partial charge is 0.406 e. The van der Waals surface area contributed by atoms with Crippen LogP contribution in [0.25, 0.3) is 10.9 Å². The minimum atomic E-state index is -4.64. The van der Waals surface area contributed by atoms with E-state index in [1.807, 2.05) is 6.07 Å². The minimum Gasteiger partial charge on any atom is -0.497 e. The standard InChI is InChI=1S/C20H21F3N4O4/c1-31-14-3-2-12-8-16(24-15(12)9-14)18(29)25-6-4-13(5-7-25)26-10-17(28)27(19(26)30)11-20(21,22)23/h2-3,8-9,13,24H,4-7,10-11H2,1H3. The number of piperidine rings is 1. The summed E-state index contributed by atoms with van der Waals surface area (Å²) in [5.74, 6) is -0.385. The van der Waals surface area contributed by atoms with Crippen LogP contribution in [0.4, 0.5) is 18.0 Å². The highest BCUT2D eigenvalue weighted by Gasteiger charge is 2.45. The number of hydrogen-bond donors (Lipinski definition) is 1. The molecular formula is C20H21F3N4O4. The molecule has 2 aliphatic heterocycles. The van der Waals surface area contributed by atoms with E-state index in [0.29, 0.717) is 37.4 Å². The minimum absolute atomic E-state index is 0.198. The number of nitrogens with one attached hydrogen (secondary N) is 1. The molecule has 0 atom stereocenters. The van der Waals surface area contributed by atoms with E-state index in [1.165, 1.54) is 4.90 Å². The Labute approximate surface area is 175 Å². The fourth-order valence-electron chi connectivity index (χ4n) is 4.08. The van der Waals surface area contributed by atoms with Gasteiger partial charge in [-0.05, 0) is 31.0 Å². The number of likely N-dealkylation sites (tertiary alicyclic amines) is 1. The van der Waals surface area contributed by atoms with Crippen molar-refractivity contribution in [1.82, 2.24) is 19.7 Å². The third-order valence-electron chi connectivity index (χ3n) is 5.67. The molecule has 166 valence electrons. The zero-order chi connectivity index (χ0) is 22.3. The van der Waals surface area contributed by atoms with Gasteiger partial charge < -0.3 is 19.5 Å². The summed E-state index contributed by atoms with van der Waals surface area (Å²) < 4.78 is 43.1. The maximum atomic E-state index is 12.9. The second-order valence-electron chi connectivity index (χ2n) is 7.67. The van der Waals surface area contributed by atoms with Crippen LogP contribution in [0.15, 0.2) is 24.3 Å². The van der Waals surface area contributed by atoms with Gasteiger partial charge >= 0.3 is 12.2 Å². The Morgan fingerprint density at radius 1 is 1.19 bits per heavy atom. The molecule has 4 amide bonds. The van der Waals surface area contributed by atoms with Crippen LogP contribution in [0, 0.1) is 0 Å².